The van der Waals surface area contributed by atoms with Crippen molar-refractivity contribution in [1.82, 2.24) is 4.98 Å². The molecule has 2 aliphatic heterocycles. The van der Waals surface area contributed by atoms with Gasteiger partial charge >= 0.3 is 7.12 Å². The number of hydrogen-bond acceptors (Lipinski definition) is 4. The molecule has 3 rings (SSSR count). The predicted molar refractivity (Wildman–Crippen MR) is 86.2 cm³/mol. The standard InChI is InChI=1S/C16H23BN2O2/c1-15(2)16(3,4)21-17(20-15)8-7-13-10-12-6-5-9-18-14(12)11-19-13/h7-8,10-11,18H,5-6,9H2,1-4H3/b8-7+. The number of aromatic nitrogens is 1. The van der Waals surface area contributed by atoms with Gasteiger partial charge in [-0.3, -0.25) is 4.98 Å². The van der Waals surface area contributed by atoms with Gasteiger partial charge in [0.25, 0.3) is 0 Å². The Bertz CT molecular complexity index is 553. The largest absolute Gasteiger partial charge is 0.487 e. The lowest BCUT2D eigenvalue weighted by Crippen LogP contribution is -2.41. The van der Waals surface area contributed by atoms with Crippen molar-refractivity contribution in [3.05, 3.63) is 29.5 Å². The lowest BCUT2D eigenvalue weighted by molar-refractivity contribution is 0.00578. The average molecular weight is 286 g/mol. The highest BCUT2D eigenvalue weighted by Crippen LogP contribution is 2.37. The minimum atomic E-state index is -0.314. The molecule has 1 saturated heterocycles. The molecule has 1 aromatic rings. The lowest BCUT2D eigenvalue weighted by atomic mass is 9.89. The van der Waals surface area contributed by atoms with Gasteiger partial charge in [0, 0.05) is 6.54 Å². The van der Waals surface area contributed by atoms with Crippen molar-refractivity contribution >= 4 is 18.9 Å². The lowest BCUT2D eigenvalue weighted by Gasteiger charge is -2.32. The Morgan fingerprint density at radius 3 is 2.67 bits per heavy atom. The number of anilines is 1. The van der Waals surface area contributed by atoms with E-state index >= 15 is 0 Å². The maximum atomic E-state index is 5.95. The highest BCUT2D eigenvalue weighted by Gasteiger charge is 2.49. The van der Waals surface area contributed by atoms with Crippen LogP contribution in [0.4, 0.5) is 5.69 Å². The summed E-state index contributed by atoms with van der Waals surface area (Å²) in [4.78, 5) is 4.47. The number of nitrogens with one attached hydrogen (secondary N) is 1. The summed E-state index contributed by atoms with van der Waals surface area (Å²) in [7, 11) is -0.314. The van der Waals surface area contributed by atoms with E-state index < -0.39 is 0 Å². The van der Waals surface area contributed by atoms with Crippen LogP contribution in [0.25, 0.3) is 6.08 Å². The first kappa shape index (κ1) is 14.6. The molecular weight excluding hydrogens is 263 g/mol. The van der Waals surface area contributed by atoms with Gasteiger partial charge in [0.1, 0.15) is 0 Å². The van der Waals surface area contributed by atoms with Gasteiger partial charge in [0.05, 0.1) is 28.8 Å². The van der Waals surface area contributed by atoms with Gasteiger partial charge in [-0.15, -0.1) is 0 Å². The fourth-order valence-electron chi connectivity index (χ4n) is 2.62. The zero-order valence-corrected chi connectivity index (χ0v) is 13.3. The zero-order chi connectivity index (χ0) is 15.1. The minimum absolute atomic E-state index is 0.296. The molecule has 0 aromatic carbocycles. The van der Waals surface area contributed by atoms with Crippen LogP contribution in [0, 0.1) is 0 Å². The molecule has 0 amide bonds. The second kappa shape index (κ2) is 5.14. The molecule has 2 aliphatic rings. The van der Waals surface area contributed by atoms with Crippen molar-refractivity contribution in [2.45, 2.75) is 51.7 Å². The van der Waals surface area contributed by atoms with E-state index in [1.807, 2.05) is 18.2 Å². The molecule has 0 spiro atoms. The Morgan fingerprint density at radius 1 is 1.24 bits per heavy atom. The average Bonchev–Trinajstić information content (AvgIpc) is 2.64. The molecule has 0 radical (unpaired) electrons. The minimum Gasteiger partial charge on any atom is -0.400 e. The molecule has 1 aromatic heterocycles. The normalized spacial score (nSPS) is 23.1. The summed E-state index contributed by atoms with van der Waals surface area (Å²) in [5.41, 5.74) is 2.86. The highest BCUT2D eigenvalue weighted by molar-refractivity contribution is 6.52. The third-order valence-corrected chi connectivity index (χ3v) is 4.64. The molecule has 112 valence electrons. The first-order chi connectivity index (χ1) is 9.87. The number of nitrogens with zero attached hydrogens (tertiary/aromatic N) is 1. The van der Waals surface area contributed by atoms with Crippen LogP contribution in [0.15, 0.2) is 18.2 Å². The molecule has 5 heteroatoms. The van der Waals surface area contributed by atoms with Crippen LogP contribution in [0.5, 0.6) is 0 Å². The Morgan fingerprint density at radius 2 is 1.95 bits per heavy atom. The van der Waals surface area contributed by atoms with E-state index in [-0.39, 0.29) is 18.3 Å². The van der Waals surface area contributed by atoms with E-state index in [0.29, 0.717) is 0 Å². The number of hydrogen-bond donors (Lipinski definition) is 1. The SMILES string of the molecule is CC1(C)OB(/C=C/c2cc3c(cn2)NCCC3)OC1(C)C. The molecule has 0 unspecified atom stereocenters. The first-order valence-electron chi connectivity index (χ1n) is 7.64. The summed E-state index contributed by atoms with van der Waals surface area (Å²) in [6.07, 6.45) is 6.19. The van der Waals surface area contributed by atoms with E-state index in [1.165, 1.54) is 12.0 Å². The zero-order valence-electron chi connectivity index (χ0n) is 13.3. The third kappa shape index (κ3) is 2.85. The van der Waals surface area contributed by atoms with Gasteiger partial charge in [-0.25, -0.2) is 0 Å². The quantitative estimate of drug-likeness (QED) is 0.848. The van der Waals surface area contributed by atoms with Crippen LogP contribution in [0.2, 0.25) is 0 Å². The monoisotopic (exact) mass is 286 g/mol. The van der Waals surface area contributed by atoms with Gasteiger partial charge < -0.3 is 14.6 Å². The van der Waals surface area contributed by atoms with Crippen LogP contribution in [0.1, 0.15) is 45.4 Å². The molecule has 0 atom stereocenters. The molecule has 3 heterocycles. The maximum absolute atomic E-state index is 5.95. The van der Waals surface area contributed by atoms with E-state index in [0.717, 1.165) is 24.3 Å². The van der Waals surface area contributed by atoms with Gasteiger partial charge in [0.2, 0.25) is 0 Å². The number of aryl methyl sites for hydroxylation is 1. The molecule has 1 N–H and O–H groups in total. The molecular formula is C16H23BN2O2. The van der Waals surface area contributed by atoms with E-state index in [4.69, 9.17) is 9.31 Å². The Hall–Kier alpha value is -1.33. The second-order valence-electron chi connectivity index (χ2n) is 6.78. The Kier molecular flexibility index (Phi) is 3.58. The molecule has 0 aliphatic carbocycles. The molecule has 1 fully saturated rings. The Labute approximate surface area is 127 Å². The molecule has 0 bridgehead atoms. The van der Waals surface area contributed by atoms with Crippen LogP contribution in [0.3, 0.4) is 0 Å². The van der Waals surface area contributed by atoms with Crippen LogP contribution >= 0.6 is 0 Å². The van der Waals surface area contributed by atoms with Crippen molar-refractivity contribution in [2.75, 3.05) is 11.9 Å². The van der Waals surface area contributed by atoms with Crippen molar-refractivity contribution in [3.8, 4) is 0 Å². The number of rotatable bonds is 2. The molecule has 21 heavy (non-hydrogen) atoms. The van der Waals surface area contributed by atoms with Crippen molar-refractivity contribution in [2.24, 2.45) is 0 Å². The second-order valence-corrected chi connectivity index (χ2v) is 6.78. The van der Waals surface area contributed by atoms with Crippen LogP contribution < -0.4 is 5.32 Å². The summed E-state index contributed by atoms with van der Waals surface area (Å²) >= 11 is 0. The van der Waals surface area contributed by atoms with E-state index in [1.54, 1.807) is 0 Å². The number of fused-ring (bicyclic) bond motifs is 1. The molecule has 4 nitrogen and oxygen atoms in total. The highest BCUT2D eigenvalue weighted by atomic mass is 16.7. The van der Waals surface area contributed by atoms with Gasteiger partial charge in [-0.05, 0) is 58.2 Å². The van der Waals surface area contributed by atoms with Gasteiger partial charge in [-0.1, -0.05) is 5.98 Å². The van der Waals surface area contributed by atoms with Gasteiger partial charge in [0.15, 0.2) is 0 Å². The van der Waals surface area contributed by atoms with Crippen LogP contribution in [-0.2, 0) is 15.7 Å². The summed E-state index contributed by atoms with van der Waals surface area (Å²) in [5.74, 6) is 1.95. The first-order valence-corrected chi connectivity index (χ1v) is 7.64. The summed E-state index contributed by atoms with van der Waals surface area (Å²) in [6.45, 7) is 9.28. The topological polar surface area (TPSA) is 43.4 Å². The third-order valence-electron chi connectivity index (χ3n) is 4.64. The fourth-order valence-corrected chi connectivity index (χ4v) is 2.62. The Balaban J connectivity index is 1.73. The fraction of sp³-hybridized carbons (Fsp3) is 0.562. The van der Waals surface area contributed by atoms with Crippen molar-refractivity contribution in [1.29, 1.82) is 0 Å². The predicted octanol–water partition coefficient (Wildman–Crippen LogP) is 3.08. The van der Waals surface area contributed by atoms with Crippen molar-refractivity contribution < 1.29 is 9.31 Å². The summed E-state index contributed by atoms with van der Waals surface area (Å²) in [5, 5.41) is 3.37. The van der Waals surface area contributed by atoms with Gasteiger partial charge in [-0.2, -0.15) is 0 Å². The van der Waals surface area contributed by atoms with E-state index in [9.17, 15) is 0 Å². The van der Waals surface area contributed by atoms with Crippen molar-refractivity contribution in [3.63, 3.8) is 0 Å². The summed E-state index contributed by atoms with van der Waals surface area (Å²) in [6, 6.07) is 2.14. The van der Waals surface area contributed by atoms with Crippen LogP contribution in [-0.4, -0.2) is 29.8 Å². The smallest absolute Gasteiger partial charge is 0.400 e. The maximum Gasteiger partial charge on any atom is 0.487 e. The summed E-state index contributed by atoms with van der Waals surface area (Å²) < 4.78 is 11.9. The van der Waals surface area contributed by atoms with E-state index in [2.05, 4.69) is 44.1 Å². The molecule has 0 saturated carbocycles. The number of pyridine rings is 1.